The van der Waals surface area contributed by atoms with Crippen LogP contribution in [0.25, 0.3) is 11.0 Å². The Bertz CT molecular complexity index is 1040. The van der Waals surface area contributed by atoms with Crippen LogP contribution in [0.2, 0.25) is 0 Å². The van der Waals surface area contributed by atoms with E-state index in [1.54, 1.807) is 12.3 Å². The van der Waals surface area contributed by atoms with Crippen molar-refractivity contribution in [2.45, 2.75) is 31.8 Å². The Morgan fingerprint density at radius 1 is 1.12 bits per heavy atom. The fraction of sp³-hybridized carbons (Fsp3) is 0.300. The van der Waals surface area contributed by atoms with Gasteiger partial charge in [0.1, 0.15) is 5.58 Å². The maximum Gasteiger partial charge on any atom is 0.254 e. The maximum atomic E-state index is 12.9. The standard InChI is InChI=1S/C20H18N2O3/c23-19-10-13-5-7-21(11-16(13)12-22(19)17-2-3-17)20(24)15-1-4-18-14(9-15)6-8-25-18/h1,4,6,8-10,12,17H,2-3,5,7,11H2. The quantitative estimate of drug-likeness (QED) is 0.723. The van der Waals surface area contributed by atoms with E-state index in [1.165, 1.54) is 0 Å². The molecule has 1 saturated carbocycles. The van der Waals surface area contributed by atoms with E-state index < -0.39 is 0 Å². The number of hydrogen-bond acceptors (Lipinski definition) is 3. The first kappa shape index (κ1) is 14.5. The van der Waals surface area contributed by atoms with Gasteiger partial charge in [-0.15, -0.1) is 0 Å². The smallest absolute Gasteiger partial charge is 0.254 e. The van der Waals surface area contributed by atoms with Crippen LogP contribution in [0.1, 0.15) is 40.4 Å². The van der Waals surface area contributed by atoms with Crippen molar-refractivity contribution in [3.05, 3.63) is 69.8 Å². The van der Waals surface area contributed by atoms with Gasteiger partial charge in [-0.2, -0.15) is 0 Å². The van der Waals surface area contributed by atoms with Gasteiger partial charge in [0.05, 0.1) is 6.26 Å². The first-order valence-electron chi connectivity index (χ1n) is 8.69. The molecule has 2 aromatic heterocycles. The average molecular weight is 334 g/mol. The van der Waals surface area contributed by atoms with Crippen molar-refractivity contribution in [1.29, 1.82) is 0 Å². The molecule has 1 aromatic carbocycles. The summed E-state index contributed by atoms with van der Waals surface area (Å²) in [5.74, 6) is 0.0259. The first-order chi connectivity index (χ1) is 12.2. The number of carbonyl (C=O) groups is 1. The van der Waals surface area contributed by atoms with Crippen LogP contribution in [0.5, 0.6) is 0 Å². The Balaban J connectivity index is 1.45. The number of carbonyl (C=O) groups excluding carboxylic acids is 1. The third kappa shape index (κ3) is 2.47. The number of rotatable bonds is 2. The highest BCUT2D eigenvalue weighted by Gasteiger charge is 2.27. The van der Waals surface area contributed by atoms with Crippen LogP contribution < -0.4 is 5.56 Å². The zero-order chi connectivity index (χ0) is 17.0. The van der Waals surface area contributed by atoms with E-state index in [9.17, 15) is 9.59 Å². The minimum absolute atomic E-state index is 0.0259. The van der Waals surface area contributed by atoms with Crippen molar-refractivity contribution in [2.24, 2.45) is 0 Å². The molecular weight excluding hydrogens is 316 g/mol. The summed E-state index contributed by atoms with van der Waals surface area (Å²) in [4.78, 5) is 26.9. The summed E-state index contributed by atoms with van der Waals surface area (Å²) < 4.78 is 7.18. The number of amides is 1. The molecule has 1 amide bonds. The fourth-order valence-corrected chi connectivity index (χ4v) is 3.64. The molecule has 0 saturated heterocycles. The summed E-state index contributed by atoms with van der Waals surface area (Å²) in [5, 5.41) is 0.936. The molecule has 2 aliphatic rings. The molecule has 0 bridgehead atoms. The molecular formula is C20H18N2O3. The van der Waals surface area contributed by atoms with Crippen LogP contribution in [-0.2, 0) is 13.0 Å². The molecule has 126 valence electrons. The first-order valence-corrected chi connectivity index (χ1v) is 8.69. The second-order valence-corrected chi connectivity index (χ2v) is 6.95. The van der Waals surface area contributed by atoms with Crippen molar-refractivity contribution in [3.63, 3.8) is 0 Å². The van der Waals surface area contributed by atoms with Gasteiger partial charge < -0.3 is 13.9 Å². The number of fused-ring (bicyclic) bond motifs is 2. The fourth-order valence-electron chi connectivity index (χ4n) is 3.64. The van der Waals surface area contributed by atoms with E-state index in [2.05, 4.69) is 0 Å². The van der Waals surface area contributed by atoms with Crippen LogP contribution >= 0.6 is 0 Å². The normalized spacial score (nSPS) is 16.9. The van der Waals surface area contributed by atoms with Gasteiger partial charge in [0.2, 0.25) is 0 Å². The van der Waals surface area contributed by atoms with Crippen LogP contribution in [0.4, 0.5) is 0 Å². The number of hydrogen-bond donors (Lipinski definition) is 0. The van der Waals surface area contributed by atoms with Crippen molar-refractivity contribution in [1.82, 2.24) is 9.47 Å². The summed E-state index contributed by atoms with van der Waals surface area (Å²) in [6.07, 6.45) is 6.48. The summed E-state index contributed by atoms with van der Waals surface area (Å²) in [5.41, 5.74) is 3.72. The maximum absolute atomic E-state index is 12.9. The van der Waals surface area contributed by atoms with E-state index in [-0.39, 0.29) is 11.5 Å². The molecule has 3 aromatic rings. The van der Waals surface area contributed by atoms with E-state index >= 15 is 0 Å². The lowest BCUT2D eigenvalue weighted by atomic mass is 10.0. The largest absolute Gasteiger partial charge is 0.464 e. The van der Waals surface area contributed by atoms with Crippen LogP contribution in [-0.4, -0.2) is 21.9 Å². The Kier molecular flexibility index (Phi) is 3.10. The SMILES string of the molecule is O=C(c1ccc2occc2c1)N1CCc2cc(=O)n(C3CC3)cc2C1. The van der Waals surface area contributed by atoms with Gasteiger partial charge in [0.25, 0.3) is 11.5 Å². The van der Waals surface area contributed by atoms with Gasteiger partial charge in [0.15, 0.2) is 0 Å². The van der Waals surface area contributed by atoms with Crippen LogP contribution in [0.3, 0.4) is 0 Å². The summed E-state index contributed by atoms with van der Waals surface area (Å²) >= 11 is 0. The lowest BCUT2D eigenvalue weighted by Crippen LogP contribution is -2.37. The lowest BCUT2D eigenvalue weighted by molar-refractivity contribution is 0.0734. The molecule has 5 rings (SSSR count). The zero-order valence-corrected chi connectivity index (χ0v) is 13.8. The minimum Gasteiger partial charge on any atom is -0.464 e. The van der Waals surface area contributed by atoms with Gasteiger partial charge in [-0.3, -0.25) is 9.59 Å². The highest BCUT2D eigenvalue weighted by molar-refractivity contribution is 5.97. The molecule has 25 heavy (non-hydrogen) atoms. The number of nitrogens with zero attached hydrogens (tertiary/aromatic N) is 2. The van der Waals surface area contributed by atoms with Gasteiger partial charge in [-0.1, -0.05) is 0 Å². The average Bonchev–Trinajstić information content (AvgIpc) is 3.36. The lowest BCUT2D eigenvalue weighted by Gasteiger charge is -2.29. The Hall–Kier alpha value is -2.82. The summed E-state index contributed by atoms with van der Waals surface area (Å²) in [6, 6.07) is 9.51. The van der Waals surface area contributed by atoms with E-state index in [4.69, 9.17) is 4.42 Å². The Labute approximate surface area is 144 Å². The second kappa shape index (κ2) is 5.34. The molecule has 5 heteroatoms. The second-order valence-electron chi connectivity index (χ2n) is 6.95. The number of aromatic nitrogens is 1. The van der Waals surface area contributed by atoms with Gasteiger partial charge in [-0.25, -0.2) is 0 Å². The third-order valence-electron chi connectivity index (χ3n) is 5.20. The molecule has 0 unspecified atom stereocenters. The monoisotopic (exact) mass is 334 g/mol. The van der Waals surface area contributed by atoms with Crippen LogP contribution in [0, 0.1) is 0 Å². The number of benzene rings is 1. The Morgan fingerprint density at radius 3 is 2.84 bits per heavy atom. The zero-order valence-electron chi connectivity index (χ0n) is 13.8. The van der Waals surface area contributed by atoms with Crippen molar-refractivity contribution in [2.75, 3.05) is 6.54 Å². The van der Waals surface area contributed by atoms with Gasteiger partial charge in [0, 0.05) is 42.3 Å². The van der Waals surface area contributed by atoms with E-state index in [0.717, 1.165) is 41.4 Å². The van der Waals surface area contributed by atoms with Crippen molar-refractivity contribution in [3.8, 4) is 0 Å². The van der Waals surface area contributed by atoms with Gasteiger partial charge >= 0.3 is 0 Å². The van der Waals surface area contributed by atoms with E-state index in [0.29, 0.717) is 24.7 Å². The topological polar surface area (TPSA) is 55.5 Å². The minimum atomic E-state index is 0.0259. The summed E-state index contributed by atoms with van der Waals surface area (Å²) in [7, 11) is 0. The molecule has 1 aliphatic heterocycles. The molecule has 3 heterocycles. The highest BCUT2D eigenvalue weighted by Crippen LogP contribution is 2.34. The molecule has 5 nitrogen and oxygen atoms in total. The van der Waals surface area contributed by atoms with Gasteiger partial charge in [-0.05, 0) is 54.7 Å². The predicted octanol–water partition coefficient (Wildman–Crippen LogP) is 3.13. The molecule has 1 fully saturated rings. The molecule has 0 N–H and O–H groups in total. The van der Waals surface area contributed by atoms with Crippen molar-refractivity contribution < 1.29 is 9.21 Å². The van der Waals surface area contributed by atoms with Crippen molar-refractivity contribution >= 4 is 16.9 Å². The molecule has 0 radical (unpaired) electrons. The van der Waals surface area contributed by atoms with E-state index in [1.807, 2.05) is 39.9 Å². The predicted molar refractivity (Wildman–Crippen MR) is 93.6 cm³/mol. The highest BCUT2D eigenvalue weighted by atomic mass is 16.3. The van der Waals surface area contributed by atoms with Crippen LogP contribution in [0.15, 0.2) is 52.0 Å². The number of pyridine rings is 1. The molecule has 0 spiro atoms. The Morgan fingerprint density at radius 2 is 2.00 bits per heavy atom. The number of furan rings is 1. The summed E-state index contributed by atoms with van der Waals surface area (Å²) in [6.45, 7) is 1.20. The molecule has 0 atom stereocenters. The third-order valence-corrected chi connectivity index (χ3v) is 5.20. The molecule has 1 aliphatic carbocycles.